The van der Waals surface area contributed by atoms with E-state index < -0.39 is 6.03 Å². The lowest BCUT2D eigenvalue weighted by Gasteiger charge is -2.07. The Morgan fingerprint density at radius 2 is 1.45 bits per heavy atom. The lowest BCUT2D eigenvalue weighted by atomic mass is 10.0. The summed E-state index contributed by atoms with van der Waals surface area (Å²) in [5.41, 5.74) is 8.91. The second-order valence-corrected chi connectivity index (χ2v) is 4.39. The highest BCUT2D eigenvalue weighted by Crippen LogP contribution is 2.31. The summed E-state index contributed by atoms with van der Waals surface area (Å²) in [5.74, 6) is 0. The first kappa shape index (κ1) is 12.2. The first-order valence-corrected chi connectivity index (χ1v) is 6.26. The fourth-order valence-corrected chi connectivity index (χ4v) is 2.22. The summed E-state index contributed by atoms with van der Waals surface area (Å²) >= 11 is 0. The maximum atomic E-state index is 11.6. The Hall–Kier alpha value is -2.88. The highest BCUT2D eigenvalue weighted by atomic mass is 16.2. The van der Waals surface area contributed by atoms with Gasteiger partial charge < -0.3 is 5.73 Å². The van der Waals surface area contributed by atoms with E-state index in [-0.39, 0.29) is 0 Å². The molecular weight excluding hydrogens is 250 g/mol. The SMILES string of the molecule is NC(=O)n1ncc(-c2ccccc2)c1-c1ccccc1. The molecule has 4 heteroatoms. The van der Waals surface area contributed by atoms with E-state index in [0.29, 0.717) is 5.69 Å². The number of benzene rings is 2. The summed E-state index contributed by atoms with van der Waals surface area (Å²) in [6.07, 6.45) is 1.67. The van der Waals surface area contributed by atoms with Crippen LogP contribution in [-0.4, -0.2) is 15.8 Å². The number of amides is 1. The minimum atomic E-state index is -0.592. The van der Waals surface area contributed by atoms with Crippen LogP contribution < -0.4 is 5.73 Å². The Bertz CT molecular complexity index is 733. The van der Waals surface area contributed by atoms with E-state index >= 15 is 0 Å². The molecule has 0 saturated heterocycles. The standard InChI is InChI=1S/C16H13N3O/c17-16(20)19-15(13-9-5-2-6-10-13)14(11-18-19)12-7-3-1-4-8-12/h1-11H,(H2,17,20). The van der Waals surface area contributed by atoms with E-state index in [1.165, 1.54) is 4.68 Å². The maximum Gasteiger partial charge on any atom is 0.340 e. The van der Waals surface area contributed by atoms with E-state index in [1.807, 2.05) is 60.7 Å². The number of hydrogen-bond acceptors (Lipinski definition) is 2. The van der Waals surface area contributed by atoms with E-state index in [2.05, 4.69) is 5.10 Å². The Balaban J connectivity index is 2.25. The molecule has 0 aliphatic carbocycles. The molecule has 20 heavy (non-hydrogen) atoms. The summed E-state index contributed by atoms with van der Waals surface area (Å²) in [4.78, 5) is 11.6. The Morgan fingerprint density at radius 1 is 0.900 bits per heavy atom. The van der Waals surface area contributed by atoms with Crippen LogP contribution in [0, 0.1) is 0 Å². The van der Waals surface area contributed by atoms with Crippen molar-refractivity contribution in [2.45, 2.75) is 0 Å². The number of nitrogens with two attached hydrogens (primary N) is 1. The summed E-state index contributed by atoms with van der Waals surface area (Å²) in [5, 5.41) is 4.11. The fraction of sp³-hybridized carbons (Fsp3) is 0. The number of primary amides is 1. The largest absolute Gasteiger partial charge is 0.350 e. The van der Waals surface area contributed by atoms with Crippen LogP contribution in [-0.2, 0) is 0 Å². The highest BCUT2D eigenvalue weighted by Gasteiger charge is 2.16. The zero-order valence-electron chi connectivity index (χ0n) is 10.7. The predicted molar refractivity (Wildman–Crippen MR) is 78.1 cm³/mol. The zero-order valence-corrected chi connectivity index (χ0v) is 10.7. The molecule has 1 heterocycles. The average Bonchev–Trinajstić information content (AvgIpc) is 2.94. The smallest absolute Gasteiger partial charge is 0.340 e. The molecular formula is C16H13N3O. The molecule has 0 saturated carbocycles. The third-order valence-electron chi connectivity index (χ3n) is 3.11. The van der Waals surface area contributed by atoms with Gasteiger partial charge in [-0.05, 0) is 5.56 Å². The molecule has 1 aromatic heterocycles. The van der Waals surface area contributed by atoms with Crippen molar-refractivity contribution >= 4 is 6.03 Å². The van der Waals surface area contributed by atoms with Crippen molar-refractivity contribution in [2.75, 3.05) is 0 Å². The van der Waals surface area contributed by atoms with Crippen molar-refractivity contribution in [2.24, 2.45) is 5.73 Å². The number of rotatable bonds is 2. The summed E-state index contributed by atoms with van der Waals surface area (Å²) in [7, 11) is 0. The number of carbonyl (C=O) groups excluding carboxylic acids is 1. The summed E-state index contributed by atoms with van der Waals surface area (Å²) < 4.78 is 1.23. The number of carbonyl (C=O) groups is 1. The molecule has 3 rings (SSSR count). The van der Waals surface area contributed by atoms with Crippen molar-refractivity contribution in [3.8, 4) is 22.4 Å². The molecule has 0 unspecified atom stereocenters. The Kier molecular flexibility index (Phi) is 3.05. The van der Waals surface area contributed by atoms with Gasteiger partial charge >= 0.3 is 6.03 Å². The number of hydrogen-bond donors (Lipinski definition) is 1. The van der Waals surface area contributed by atoms with E-state index in [0.717, 1.165) is 16.7 Å². The third kappa shape index (κ3) is 2.07. The summed E-state index contributed by atoms with van der Waals surface area (Å²) in [6.45, 7) is 0. The van der Waals surface area contributed by atoms with E-state index in [9.17, 15) is 4.79 Å². The Morgan fingerprint density at radius 3 is 2.00 bits per heavy atom. The molecule has 3 aromatic rings. The lowest BCUT2D eigenvalue weighted by Crippen LogP contribution is -2.21. The van der Waals surface area contributed by atoms with Crippen LogP contribution in [0.5, 0.6) is 0 Å². The average molecular weight is 263 g/mol. The molecule has 0 aliphatic rings. The van der Waals surface area contributed by atoms with Gasteiger partial charge in [0.1, 0.15) is 0 Å². The summed E-state index contributed by atoms with van der Waals surface area (Å²) in [6, 6.07) is 18.9. The lowest BCUT2D eigenvalue weighted by molar-refractivity contribution is 0.248. The maximum absolute atomic E-state index is 11.6. The van der Waals surface area contributed by atoms with Gasteiger partial charge in [-0.15, -0.1) is 0 Å². The molecule has 2 aromatic carbocycles. The molecule has 0 atom stereocenters. The van der Waals surface area contributed by atoms with Gasteiger partial charge in [0, 0.05) is 11.1 Å². The monoisotopic (exact) mass is 263 g/mol. The fourth-order valence-electron chi connectivity index (χ4n) is 2.22. The van der Waals surface area contributed by atoms with Crippen molar-refractivity contribution in [1.29, 1.82) is 0 Å². The minimum Gasteiger partial charge on any atom is -0.350 e. The number of aromatic nitrogens is 2. The quantitative estimate of drug-likeness (QED) is 0.772. The van der Waals surface area contributed by atoms with Gasteiger partial charge in [0.15, 0.2) is 0 Å². The number of nitrogens with zero attached hydrogens (tertiary/aromatic N) is 2. The van der Waals surface area contributed by atoms with Gasteiger partial charge in [0.25, 0.3) is 0 Å². The van der Waals surface area contributed by atoms with E-state index in [1.54, 1.807) is 6.20 Å². The van der Waals surface area contributed by atoms with Gasteiger partial charge in [-0.2, -0.15) is 9.78 Å². The molecule has 4 nitrogen and oxygen atoms in total. The predicted octanol–water partition coefficient (Wildman–Crippen LogP) is 3.14. The molecule has 0 fully saturated rings. The first-order valence-electron chi connectivity index (χ1n) is 6.26. The van der Waals surface area contributed by atoms with Crippen molar-refractivity contribution in [3.05, 3.63) is 66.9 Å². The van der Waals surface area contributed by atoms with Crippen molar-refractivity contribution < 1.29 is 4.79 Å². The van der Waals surface area contributed by atoms with Gasteiger partial charge in [0.2, 0.25) is 0 Å². The van der Waals surface area contributed by atoms with E-state index in [4.69, 9.17) is 5.73 Å². The topological polar surface area (TPSA) is 60.9 Å². The van der Waals surface area contributed by atoms with Crippen LogP contribution >= 0.6 is 0 Å². The van der Waals surface area contributed by atoms with Crippen LogP contribution in [0.3, 0.4) is 0 Å². The van der Waals surface area contributed by atoms with Crippen LogP contribution in [0.4, 0.5) is 4.79 Å². The molecule has 0 spiro atoms. The third-order valence-corrected chi connectivity index (χ3v) is 3.11. The van der Waals surface area contributed by atoms with Gasteiger partial charge in [-0.25, -0.2) is 4.79 Å². The van der Waals surface area contributed by atoms with Crippen molar-refractivity contribution in [3.63, 3.8) is 0 Å². The second kappa shape index (κ2) is 5.01. The first-order chi connectivity index (χ1) is 9.77. The highest BCUT2D eigenvalue weighted by molar-refractivity contribution is 5.88. The zero-order chi connectivity index (χ0) is 13.9. The van der Waals surface area contributed by atoms with Gasteiger partial charge in [0.05, 0.1) is 11.9 Å². The van der Waals surface area contributed by atoms with Gasteiger partial charge in [-0.1, -0.05) is 60.7 Å². The van der Waals surface area contributed by atoms with Crippen LogP contribution in [0.15, 0.2) is 66.9 Å². The normalized spacial score (nSPS) is 10.4. The molecule has 0 radical (unpaired) electrons. The van der Waals surface area contributed by atoms with Gasteiger partial charge in [-0.3, -0.25) is 0 Å². The molecule has 1 amide bonds. The molecule has 0 aliphatic heterocycles. The minimum absolute atomic E-state index is 0.592. The Labute approximate surface area is 116 Å². The van der Waals surface area contributed by atoms with Crippen LogP contribution in [0.2, 0.25) is 0 Å². The molecule has 98 valence electrons. The van der Waals surface area contributed by atoms with Crippen LogP contribution in [0.1, 0.15) is 0 Å². The molecule has 0 bridgehead atoms. The van der Waals surface area contributed by atoms with Crippen molar-refractivity contribution in [1.82, 2.24) is 9.78 Å². The second-order valence-electron chi connectivity index (χ2n) is 4.39. The molecule has 2 N–H and O–H groups in total. The van der Waals surface area contributed by atoms with Crippen LogP contribution in [0.25, 0.3) is 22.4 Å².